The lowest BCUT2D eigenvalue weighted by Gasteiger charge is -2.16. The molecule has 0 bridgehead atoms. The minimum atomic E-state index is -3.33. The van der Waals surface area contributed by atoms with Gasteiger partial charge in [-0.25, -0.2) is 0 Å². The van der Waals surface area contributed by atoms with Crippen LogP contribution in [0.3, 0.4) is 0 Å². The summed E-state index contributed by atoms with van der Waals surface area (Å²) in [6.07, 6.45) is 1.76. The van der Waals surface area contributed by atoms with Crippen LogP contribution in [0.15, 0.2) is 0 Å². The van der Waals surface area contributed by atoms with Crippen LogP contribution < -0.4 is 0 Å². The smallest absolute Gasteiger partial charge is 0.267 e. The fraction of sp³-hybridized carbons (Fsp3) is 1.00. The molecule has 0 radical (unpaired) electrons. The highest BCUT2D eigenvalue weighted by Crippen LogP contribution is 2.15. The summed E-state index contributed by atoms with van der Waals surface area (Å²) in [5, 5.41) is -0.346. The Kier molecular flexibility index (Phi) is 5.56. The van der Waals surface area contributed by atoms with E-state index in [1.807, 2.05) is 20.8 Å². The van der Waals surface area contributed by atoms with Gasteiger partial charge in [0.05, 0.1) is 11.4 Å². The van der Waals surface area contributed by atoms with Crippen molar-refractivity contribution in [2.45, 2.75) is 58.3 Å². The quantitative estimate of drug-likeness (QED) is 0.629. The molecule has 0 aromatic rings. The molecule has 4 heteroatoms. The van der Waals surface area contributed by atoms with E-state index in [-0.39, 0.29) is 11.4 Å². The van der Waals surface area contributed by atoms with Gasteiger partial charge in [-0.3, -0.25) is 4.18 Å². The maximum absolute atomic E-state index is 11.5. The van der Waals surface area contributed by atoms with Crippen molar-refractivity contribution < 1.29 is 12.6 Å². The summed E-state index contributed by atoms with van der Waals surface area (Å²) >= 11 is 0. The van der Waals surface area contributed by atoms with Gasteiger partial charge in [-0.1, -0.05) is 20.8 Å². The molecule has 13 heavy (non-hydrogen) atoms. The van der Waals surface area contributed by atoms with Crippen LogP contribution in [-0.4, -0.2) is 19.8 Å². The van der Waals surface area contributed by atoms with Crippen LogP contribution in [0.25, 0.3) is 0 Å². The molecule has 1 unspecified atom stereocenters. The topological polar surface area (TPSA) is 43.4 Å². The average Bonchev–Trinajstić information content (AvgIpc) is 2.05. The molecule has 0 aliphatic carbocycles. The summed E-state index contributed by atoms with van der Waals surface area (Å²) in [4.78, 5) is 0. The third-order valence-corrected chi connectivity index (χ3v) is 4.27. The van der Waals surface area contributed by atoms with E-state index in [1.165, 1.54) is 0 Å². The molecule has 0 amide bonds. The molecule has 0 aliphatic rings. The van der Waals surface area contributed by atoms with E-state index in [4.69, 9.17) is 4.18 Å². The Labute approximate surface area is 81.6 Å². The van der Waals surface area contributed by atoms with Crippen molar-refractivity contribution in [1.82, 2.24) is 0 Å². The van der Waals surface area contributed by atoms with Gasteiger partial charge in [0.1, 0.15) is 0 Å². The Morgan fingerprint density at radius 3 is 1.85 bits per heavy atom. The fourth-order valence-corrected chi connectivity index (χ4v) is 2.64. The van der Waals surface area contributed by atoms with Crippen LogP contribution in [0.4, 0.5) is 0 Å². The Morgan fingerprint density at radius 1 is 1.08 bits per heavy atom. The molecule has 0 rings (SSSR count). The molecule has 0 aliphatic heterocycles. The molecule has 0 N–H and O–H groups in total. The van der Waals surface area contributed by atoms with E-state index < -0.39 is 10.1 Å². The van der Waals surface area contributed by atoms with Crippen LogP contribution in [0.1, 0.15) is 47.0 Å². The summed E-state index contributed by atoms with van der Waals surface area (Å²) in [6, 6.07) is 0. The van der Waals surface area contributed by atoms with Gasteiger partial charge < -0.3 is 0 Å². The zero-order valence-corrected chi connectivity index (χ0v) is 9.73. The van der Waals surface area contributed by atoms with Gasteiger partial charge in [-0.2, -0.15) is 8.42 Å². The van der Waals surface area contributed by atoms with Crippen molar-refractivity contribution in [3.8, 4) is 0 Å². The van der Waals surface area contributed by atoms with E-state index in [1.54, 1.807) is 6.92 Å². The van der Waals surface area contributed by atoms with Gasteiger partial charge in [0.25, 0.3) is 10.1 Å². The van der Waals surface area contributed by atoms with Crippen LogP contribution >= 0.6 is 0 Å². The normalized spacial score (nSPS) is 14.8. The highest BCUT2D eigenvalue weighted by molar-refractivity contribution is 7.87. The Morgan fingerprint density at radius 2 is 1.54 bits per heavy atom. The molecular weight excluding hydrogens is 188 g/mol. The highest BCUT2D eigenvalue weighted by atomic mass is 32.2. The SMILES string of the molecule is CCC(C)OS(=O)(=O)C(CC)CC. The number of hydrogen-bond acceptors (Lipinski definition) is 3. The van der Waals surface area contributed by atoms with E-state index in [0.717, 1.165) is 6.42 Å². The van der Waals surface area contributed by atoms with E-state index in [0.29, 0.717) is 12.8 Å². The predicted molar refractivity (Wildman–Crippen MR) is 54.1 cm³/mol. The maximum atomic E-state index is 11.5. The lowest BCUT2D eigenvalue weighted by molar-refractivity contribution is 0.220. The maximum Gasteiger partial charge on any atom is 0.270 e. The zero-order chi connectivity index (χ0) is 10.5. The average molecular weight is 208 g/mol. The summed E-state index contributed by atoms with van der Waals surface area (Å²) in [5.74, 6) is 0. The Balaban J connectivity index is 4.38. The number of rotatable bonds is 6. The molecule has 80 valence electrons. The molecule has 0 saturated heterocycles. The van der Waals surface area contributed by atoms with Crippen molar-refractivity contribution >= 4 is 10.1 Å². The third kappa shape index (κ3) is 4.09. The van der Waals surface area contributed by atoms with E-state index in [9.17, 15) is 8.42 Å². The minimum Gasteiger partial charge on any atom is -0.267 e. The van der Waals surface area contributed by atoms with Crippen molar-refractivity contribution in [3.63, 3.8) is 0 Å². The van der Waals surface area contributed by atoms with Crippen LogP contribution in [0.2, 0.25) is 0 Å². The Hall–Kier alpha value is -0.0900. The molecule has 0 aromatic heterocycles. The molecule has 3 nitrogen and oxygen atoms in total. The summed E-state index contributed by atoms with van der Waals surface area (Å²) < 4.78 is 28.1. The highest BCUT2D eigenvalue weighted by Gasteiger charge is 2.24. The molecular formula is C9H20O3S. The third-order valence-electron chi connectivity index (χ3n) is 2.19. The van der Waals surface area contributed by atoms with Gasteiger partial charge >= 0.3 is 0 Å². The van der Waals surface area contributed by atoms with Crippen LogP contribution in [0.5, 0.6) is 0 Å². The van der Waals surface area contributed by atoms with Crippen molar-refractivity contribution in [2.75, 3.05) is 0 Å². The molecule has 0 saturated carbocycles. The predicted octanol–water partition coefficient (Wildman–Crippen LogP) is 2.32. The van der Waals surface area contributed by atoms with E-state index in [2.05, 4.69) is 0 Å². The fourth-order valence-electron chi connectivity index (χ4n) is 1.07. The van der Waals surface area contributed by atoms with Gasteiger partial charge in [0.15, 0.2) is 0 Å². The minimum absolute atomic E-state index is 0.203. The van der Waals surface area contributed by atoms with Crippen molar-refractivity contribution in [2.24, 2.45) is 0 Å². The molecule has 1 atom stereocenters. The number of hydrogen-bond donors (Lipinski definition) is 0. The first-order valence-electron chi connectivity index (χ1n) is 4.89. The van der Waals surface area contributed by atoms with Crippen LogP contribution in [0, 0.1) is 0 Å². The van der Waals surface area contributed by atoms with E-state index >= 15 is 0 Å². The second-order valence-electron chi connectivity index (χ2n) is 3.25. The second-order valence-corrected chi connectivity index (χ2v) is 5.09. The second kappa shape index (κ2) is 5.60. The molecule has 0 heterocycles. The lowest BCUT2D eigenvalue weighted by Crippen LogP contribution is -2.25. The zero-order valence-electron chi connectivity index (χ0n) is 8.91. The van der Waals surface area contributed by atoms with Gasteiger partial charge in [0, 0.05) is 0 Å². The van der Waals surface area contributed by atoms with Crippen LogP contribution in [-0.2, 0) is 14.3 Å². The molecule has 0 fully saturated rings. The van der Waals surface area contributed by atoms with Gasteiger partial charge in [0.2, 0.25) is 0 Å². The largest absolute Gasteiger partial charge is 0.270 e. The standard InChI is InChI=1S/C9H20O3S/c1-5-8(4)12-13(10,11)9(6-2)7-3/h8-9H,5-7H2,1-4H3. The first-order valence-corrected chi connectivity index (χ1v) is 6.37. The summed E-state index contributed by atoms with van der Waals surface area (Å²) in [5.41, 5.74) is 0. The van der Waals surface area contributed by atoms with Gasteiger partial charge in [-0.15, -0.1) is 0 Å². The lowest BCUT2D eigenvalue weighted by atomic mass is 10.3. The van der Waals surface area contributed by atoms with Crippen molar-refractivity contribution in [3.05, 3.63) is 0 Å². The summed E-state index contributed by atoms with van der Waals surface area (Å²) in [7, 11) is -3.33. The monoisotopic (exact) mass is 208 g/mol. The molecule has 0 aromatic carbocycles. The Bertz CT molecular complexity index is 217. The first kappa shape index (κ1) is 12.9. The molecule has 0 spiro atoms. The van der Waals surface area contributed by atoms with Crippen molar-refractivity contribution in [1.29, 1.82) is 0 Å². The summed E-state index contributed by atoms with van der Waals surface area (Å²) in [6.45, 7) is 7.42. The van der Waals surface area contributed by atoms with Gasteiger partial charge in [-0.05, 0) is 26.2 Å². The first-order chi connectivity index (χ1) is 5.97.